The molecule has 1 unspecified atom stereocenters. The predicted molar refractivity (Wildman–Crippen MR) is 376 cm³/mol. The highest BCUT2D eigenvalue weighted by atomic mass is 15.3. The molecule has 4 heteroatoms. The molecule has 0 heterocycles. The monoisotopic (exact) mass is 1160 g/mol. The van der Waals surface area contributed by atoms with Crippen molar-refractivity contribution in [3.63, 3.8) is 0 Å². The average Bonchev–Trinajstić information content (AvgIpc) is 3.47. The first-order valence-electron chi connectivity index (χ1n) is 39.3. The second-order valence-corrected chi connectivity index (χ2v) is 29.1. The minimum absolute atomic E-state index is 1.22. The first-order valence-corrected chi connectivity index (χ1v) is 39.3. The fourth-order valence-corrected chi connectivity index (χ4v) is 13.7. The van der Waals surface area contributed by atoms with E-state index in [0.29, 0.717) is 0 Å². The fraction of sp³-hybridized carbons (Fsp3) is 1.00. The maximum absolute atomic E-state index is 2.93. The van der Waals surface area contributed by atoms with Crippen molar-refractivity contribution in [1.82, 2.24) is 9.80 Å². The lowest BCUT2D eigenvalue weighted by atomic mass is 10.0. The molecule has 0 amide bonds. The highest BCUT2D eigenvalue weighted by Crippen LogP contribution is 2.20. The van der Waals surface area contributed by atoms with Crippen molar-refractivity contribution in [1.29, 1.82) is 0 Å². The summed E-state index contributed by atoms with van der Waals surface area (Å²) >= 11 is 0. The van der Waals surface area contributed by atoms with Crippen molar-refractivity contribution >= 4 is 0 Å². The average molecular weight is 1160 g/mol. The molecule has 0 aliphatic rings. The van der Waals surface area contributed by atoms with Crippen molar-refractivity contribution in [2.45, 2.75) is 413 Å². The smallest absolute Gasteiger partial charge is 0.0838 e. The van der Waals surface area contributed by atoms with E-state index in [1.54, 1.807) is 0 Å². The molecule has 82 heavy (non-hydrogen) atoms. The normalized spacial score (nSPS) is 13.0. The standard InChI is InChI=1S/C78H164N4/c1-9-13-17-21-25-29-33-37-41-45-49-53-57-61-69-79(5)70-67-73-80(71-62-58-54-50-46-42-38-34-30-26-22-18-14-10-2)72-63-66-77-82(8,76-65-60-56-52-48-44-40-36-32-28-24-20-16-12-4)78-68-75-81(6,7)74-64-59-55-51-47-43-39-35-31-27-23-19-15-11-3/h9-78H2,1-8H3/q+2. The third-order valence-corrected chi connectivity index (χ3v) is 19.8. The van der Waals surface area contributed by atoms with Gasteiger partial charge in [-0.2, -0.15) is 0 Å². The first-order chi connectivity index (χ1) is 40.2. The number of hydrogen-bond donors (Lipinski definition) is 0. The molecule has 0 rings (SSSR count). The second-order valence-electron chi connectivity index (χ2n) is 29.1. The van der Waals surface area contributed by atoms with E-state index in [2.05, 4.69) is 65.7 Å². The Morgan fingerprint density at radius 2 is 0.366 bits per heavy atom. The van der Waals surface area contributed by atoms with E-state index in [4.69, 9.17) is 0 Å². The maximum Gasteiger partial charge on any atom is 0.0838 e. The van der Waals surface area contributed by atoms with E-state index in [-0.39, 0.29) is 0 Å². The largest absolute Gasteiger partial charge is 0.328 e. The van der Waals surface area contributed by atoms with Gasteiger partial charge in [0.1, 0.15) is 0 Å². The Hall–Kier alpha value is -0.160. The fourth-order valence-electron chi connectivity index (χ4n) is 13.7. The molecule has 0 saturated carbocycles. The Kier molecular flexibility index (Phi) is 66.7. The summed E-state index contributed by atoms with van der Waals surface area (Å²) in [5.41, 5.74) is 0. The quantitative estimate of drug-likeness (QED) is 0.0442. The van der Waals surface area contributed by atoms with Crippen LogP contribution >= 0.6 is 0 Å². The second kappa shape index (κ2) is 66.8. The number of quaternary nitrogens is 2. The molecule has 0 aliphatic heterocycles. The predicted octanol–water partition coefficient (Wildman–Crippen LogP) is 25.2. The minimum Gasteiger partial charge on any atom is -0.328 e. The van der Waals surface area contributed by atoms with E-state index in [1.807, 2.05) is 0 Å². The van der Waals surface area contributed by atoms with Gasteiger partial charge in [0.25, 0.3) is 0 Å². The third kappa shape index (κ3) is 64.3. The van der Waals surface area contributed by atoms with Gasteiger partial charge in [0, 0.05) is 6.42 Å². The van der Waals surface area contributed by atoms with Gasteiger partial charge in [-0.1, -0.05) is 349 Å². The van der Waals surface area contributed by atoms with Crippen LogP contribution in [0.15, 0.2) is 0 Å². The van der Waals surface area contributed by atoms with Crippen LogP contribution in [0.1, 0.15) is 413 Å². The van der Waals surface area contributed by atoms with Crippen molar-refractivity contribution in [3.8, 4) is 0 Å². The molecule has 1 atom stereocenters. The number of unbranched alkanes of at least 4 members (excludes halogenated alkanes) is 53. The van der Waals surface area contributed by atoms with Gasteiger partial charge in [-0.15, -0.1) is 0 Å². The summed E-state index contributed by atoms with van der Waals surface area (Å²) in [6.45, 7) is 22.7. The Labute approximate surface area is 522 Å². The van der Waals surface area contributed by atoms with Gasteiger partial charge < -0.3 is 18.8 Å². The molecular weight excluding hydrogens is 993 g/mol. The molecule has 4 nitrogen and oxygen atoms in total. The van der Waals surface area contributed by atoms with Gasteiger partial charge in [0.05, 0.1) is 53.9 Å². The number of hydrogen-bond acceptors (Lipinski definition) is 2. The van der Waals surface area contributed by atoms with Crippen LogP contribution in [-0.2, 0) is 0 Å². The number of rotatable bonds is 73. The van der Waals surface area contributed by atoms with Crippen molar-refractivity contribution in [3.05, 3.63) is 0 Å². The molecule has 0 aliphatic carbocycles. The number of nitrogens with zero attached hydrogens (tertiary/aromatic N) is 4. The van der Waals surface area contributed by atoms with Crippen molar-refractivity contribution in [2.24, 2.45) is 0 Å². The summed E-state index contributed by atoms with van der Waals surface area (Å²) in [5, 5.41) is 0. The van der Waals surface area contributed by atoms with Gasteiger partial charge in [-0.05, 0) is 97.6 Å². The van der Waals surface area contributed by atoms with E-state index >= 15 is 0 Å². The van der Waals surface area contributed by atoms with Crippen LogP contribution in [-0.4, -0.2) is 112 Å². The molecule has 0 fully saturated rings. The maximum atomic E-state index is 2.93. The zero-order valence-electron chi connectivity index (χ0n) is 59.3. The van der Waals surface area contributed by atoms with Gasteiger partial charge in [0.15, 0.2) is 0 Å². The summed E-state index contributed by atoms with van der Waals surface area (Å²) in [5.74, 6) is 0. The van der Waals surface area contributed by atoms with Gasteiger partial charge in [0.2, 0.25) is 0 Å². The highest BCUT2D eigenvalue weighted by molar-refractivity contribution is 4.64. The zero-order chi connectivity index (χ0) is 59.7. The Balaban J connectivity index is 5.09. The lowest BCUT2D eigenvalue weighted by Gasteiger charge is -2.37. The lowest BCUT2D eigenvalue weighted by Crippen LogP contribution is -2.49. The summed E-state index contributed by atoms with van der Waals surface area (Å²) < 4.78 is 2.54. The molecule has 0 aromatic rings. The minimum atomic E-state index is 1.22. The molecular formula is C78H164N4+2. The van der Waals surface area contributed by atoms with Gasteiger partial charge in [-0.25, -0.2) is 0 Å². The molecule has 0 N–H and O–H groups in total. The summed E-state index contributed by atoms with van der Waals surface area (Å²) in [4.78, 5) is 5.60. The lowest BCUT2D eigenvalue weighted by molar-refractivity contribution is -0.921. The topological polar surface area (TPSA) is 6.48 Å². The molecule has 0 aromatic carbocycles. The van der Waals surface area contributed by atoms with Crippen LogP contribution in [0.4, 0.5) is 0 Å². The van der Waals surface area contributed by atoms with Crippen LogP contribution in [0.5, 0.6) is 0 Å². The van der Waals surface area contributed by atoms with E-state index in [9.17, 15) is 0 Å². The van der Waals surface area contributed by atoms with Crippen LogP contribution in [0.2, 0.25) is 0 Å². The molecule has 0 bridgehead atoms. The van der Waals surface area contributed by atoms with Crippen LogP contribution in [0.3, 0.4) is 0 Å². The van der Waals surface area contributed by atoms with Crippen molar-refractivity contribution in [2.75, 3.05) is 93.6 Å². The van der Waals surface area contributed by atoms with Gasteiger partial charge in [-0.3, -0.25) is 0 Å². The third-order valence-electron chi connectivity index (χ3n) is 19.8. The first kappa shape index (κ1) is 81.8. The van der Waals surface area contributed by atoms with E-state index in [0.717, 1.165) is 0 Å². The zero-order valence-corrected chi connectivity index (χ0v) is 59.3. The van der Waals surface area contributed by atoms with E-state index < -0.39 is 0 Å². The SMILES string of the molecule is CCCCCCCCCCCCCCCCN(C)CCCN(CCCCCCCCCCCCCCCC)CCCC[N+](C)(CCCCCCCCCCCCCCCC)CCC[N+](C)(C)CCCCCCCCCCCCCCCC. The Morgan fingerprint density at radius 1 is 0.183 bits per heavy atom. The molecule has 0 saturated heterocycles. The Bertz CT molecular complexity index is 1160. The Morgan fingerprint density at radius 3 is 0.671 bits per heavy atom. The summed E-state index contributed by atoms with van der Waals surface area (Å²) in [6.07, 6.45) is 86.9. The van der Waals surface area contributed by atoms with Crippen molar-refractivity contribution < 1.29 is 8.97 Å². The van der Waals surface area contributed by atoms with Crippen LogP contribution in [0.25, 0.3) is 0 Å². The molecule has 0 aromatic heterocycles. The van der Waals surface area contributed by atoms with Gasteiger partial charge >= 0.3 is 0 Å². The molecule has 494 valence electrons. The molecule has 0 spiro atoms. The molecule has 0 radical (unpaired) electrons. The summed E-state index contributed by atoms with van der Waals surface area (Å²) in [6, 6.07) is 0. The van der Waals surface area contributed by atoms with Crippen LogP contribution < -0.4 is 0 Å². The van der Waals surface area contributed by atoms with Crippen LogP contribution in [0, 0.1) is 0 Å². The summed E-state index contributed by atoms with van der Waals surface area (Å²) in [7, 11) is 10.2. The highest BCUT2D eigenvalue weighted by Gasteiger charge is 2.24. The van der Waals surface area contributed by atoms with E-state index in [1.165, 1.54) is 460 Å².